The number of rotatable bonds is 6. The first-order valence-electron chi connectivity index (χ1n) is 11.5. The number of nitrogens with zero attached hydrogens (tertiary/aromatic N) is 2. The van der Waals surface area contributed by atoms with E-state index in [1.807, 2.05) is 19.1 Å². The summed E-state index contributed by atoms with van der Waals surface area (Å²) in [5.41, 5.74) is 2.18. The van der Waals surface area contributed by atoms with Gasteiger partial charge in [-0.3, -0.25) is 9.59 Å². The number of carbonyl (C=O) groups is 2. The zero-order valence-electron chi connectivity index (χ0n) is 19.3. The van der Waals surface area contributed by atoms with Crippen LogP contribution in [0.3, 0.4) is 0 Å². The molecule has 1 N–H and O–H groups in total. The molecular formula is C25H31N3O4S. The van der Waals surface area contributed by atoms with Crippen LogP contribution in [0.5, 0.6) is 0 Å². The van der Waals surface area contributed by atoms with Crippen molar-refractivity contribution >= 4 is 27.5 Å². The molecule has 33 heavy (non-hydrogen) atoms. The predicted octanol–water partition coefficient (Wildman–Crippen LogP) is 3.55. The van der Waals surface area contributed by atoms with Gasteiger partial charge in [-0.1, -0.05) is 39.0 Å². The van der Waals surface area contributed by atoms with Crippen LogP contribution in [0.25, 0.3) is 0 Å². The van der Waals surface area contributed by atoms with Gasteiger partial charge in [0.1, 0.15) is 0 Å². The number of sulfonamides is 1. The highest BCUT2D eigenvalue weighted by atomic mass is 32.2. The summed E-state index contributed by atoms with van der Waals surface area (Å²) in [6, 6.07) is 14.0. The first kappa shape index (κ1) is 23.4. The SMILES string of the molecule is CC(C)c1ccc(S(=O)(=O)N2CCN(C(=O)c3cccc(NC(=O)C4CC4C)c3)CC2)cc1. The average Bonchev–Trinajstić information content (AvgIpc) is 3.55. The Morgan fingerprint density at radius 2 is 1.64 bits per heavy atom. The Hall–Kier alpha value is -2.71. The molecule has 7 nitrogen and oxygen atoms in total. The Kier molecular flexibility index (Phi) is 6.59. The second-order valence-electron chi connectivity index (χ2n) is 9.31. The third-order valence-corrected chi connectivity index (χ3v) is 8.45. The third kappa shape index (κ3) is 5.12. The van der Waals surface area contributed by atoms with Crippen LogP contribution in [0, 0.1) is 11.8 Å². The molecule has 2 amide bonds. The molecule has 1 aliphatic carbocycles. The minimum Gasteiger partial charge on any atom is -0.336 e. The van der Waals surface area contributed by atoms with Gasteiger partial charge in [-0.2, -0.15) is 4.31 Å². The number of hydrogen-bond acceptors (Lipinski definition) is 4. The zero-order valence-corrected chi connectivity index (χ0v) is 20.1. The van der Waals surface area contributed by atoms with Crippen LogP contribution in [0.4, 0.5) is 5.69 Å². The van der Waals surface area contributed by atoms with Crippen molar-refractivity contribution in [3.05, 3.63) is 59.7 Å². The van der Waals surface area contributed by atoms with Crippen molar-refractivity contribution < 1.29 is 18.0 Å². The van der Waals surface area contributed by atoms with Crippen molar-refractivity contribution in [2.75, 3.05) is 31.5 Å². The van der Waals surface area contributed by atoms with Crippen molar-refractivity contribution in [1.82, 2.24) is 9.21 Å². The highest BCUT2D eigenvalue weighted by Crippen LogP contribution is 2.38. The van der Waals surface area contributed by atoms with E-state index in [1.54, 1.807) is 41.3 Å². The first-order chi connectivity index (χ1) is 15.7. The van der Waals surface area contributed by atoms with Gasteiger partial charge in [0.05, 0.1) is 4.90 Å². The van der Waals surface area contributed by atoms with Gasteiger partial charge in [0.15, 0.2) is 0 Å². The number of carbonyl (C=O) groups excluding carboxylic acids is 2. The molecule has 1 aliphatic heterocycles. The van der Waals surface area contributed by atoms with E-state index in [2.05, 4.69) is 19.2 Å². The normalized spacial score (nSPS) is 21.2. The molecule has 2 atom stereocenters. The van der Waals surface area contributed by atoms with Gasteiger partial charge in [-0.05, 0) is 54.2 Å². The second-order valence-corrected chi connectivity index (χ2v) is 11.2. The van der Waals surface area contributed by atoms with E-state index in [0.29, 0.717) is 36.2 Å². The molecule has 4 rings (SSSR count). The van der Waals surface area contributed by atoms with Crippen LogP contribution in [0.15, 0.2) is 53.4 Å². The quantitative estimate of drug-likeness (QED) is 0.701. The number of benzene rings is 2. The Bertz CT molecular complexity index is 1140. The molecule has 1 saturated carbocycles. The van der Waals surface area contributed by atoms with Crippen LogP contribution >= 0.6 is 0 Å². The smallest absolute Gasteiger partial charge is 0.254 e. The molecule has 2 aliphatic rings. The summed E-state index contributed by atoms with van der Waals surface area (Å²) in [6.07, 6.45) is 0.902. The van der Waals surface area contributed by atoms with Gasteiger partial charge in [-0.25, -0.2) is 8.42 Å². The van der Waals surface area contributed by atoms with Crippen LogP contribution in [-0.2, 0) is 14.8 Å². The Labute approximate surface area is 195 Å². The molecule has 1 heterocycles. The first-order valence-corrected chi connectivity index (χ1v) is 12.9. The standard InChI is InChI=1S/C25H31N3O4S/c1-17(2)19-7-9-22(10-8-19)33(31,32)28-13-11-27(12-14-28)25(30)20-5-4-6-21(16-20)26-24(29)23-15-18(23)3/h4-10,16-18,23H,11-15H2,1-3H3,(H,26,29). The molecule has 176 valence electrons. The van der Waals surface area contributed by atoms with E-state index < -0.39 is 10.0 Å². The van der Waals surface area contributed by atoms with Gasteiger partial charge in [0.2, 0.25) is 15.9 Å². The Morgan fingerprint density at radius 1 is 1.00 bits per heavy atom. The van der Waals surface area contributed by atoms with E-state index in [4.69, 9.17) is 0 Å². The van der Waals surface area contributed by atoms with Gasteiger partial charge in [0, 0.05) is 43.3 Å². The molecule has 0 radical (unpaired) electrons. The van der Waals surface area contributed by atoms with E-state index in [9.17, 15) is 18.0 Å². The average molecular weight is 470 g/mol. The minimum atomic E-state index is -3.60. The number of anilines is 1. The van der Waals surface area contributed by atoms with Crippen LogP contribution in [-0.4, -0.2) is 55.6 Å². The predicted molar refractivity (Wildman–Crippen MR) is 128 cm³/mol. The fourth-order valence-corrected chi connectivity index (χ4v) is 5.56. The van der Waals surface area contributed by atoms with Crippen LogP contribution < -0.4 is 5.32 Å². The molecule has 1 saturated heterocycles. The minimum absolute atomic E-state index is 0.00709. The summed E-state index contributed by atoms with van der Waals surface area (Å²) in [4.78, 5) is 27.1. The number of nitrogens with one attached hydrogen (secondary N) is 1. The molecule has 0 aromatic heterocycles. The van der Waals surface area contributed by atoms with Crippen molar-refractivity contribution in [3.8, 4) is 0 Å². The summed E-state index contributed by atoms with van der Waals surface area (Å²) < 4.78 is 27.5. The number of piperazine rings is 1. The van der Waals surface area contributed by atoms with E-state index >= 15 is 0 Å². The lowest BCUT2D eigenvalue weighted by Gasteiger charge is -2.34. The topological polar surface area (TPSA) is 86.8 Å². The van der Waals surface area contributed by atoms with Crippen LogP contribution in [0.1, 0.15) is 49.0 Å². The van der Waals surface area contributed by atoms with Crippen molar-refractivity contribution in [2.24, 2.45) is 11.8 Å². The van der Waals surface area contributed by atoms with E-state index in [0.717, 1.165) is 12.0 Å². The van der Waals surface area contributed by atoms with Gasteiger partial charge >= 0.3 is 0 Å². The summed E-state index contributed by atoms with van der Waals surface area (Å²) in [7, 11) is -3.60. The zero-order chi connectivity index (χ0) is 23.8. The Balaban J connectivity index is 1.38. The molecule has 2 fully saturated rings. The molecule has 0 bridgehead atoms. The van der Waals surface area contributed by atoms with Gasteiger partial charge in [-0.15, -0.1) is 0 Å². The third-order valence-electron chi connectivity index (χ3n) is 6.53. The number of hydrogen-bond donors (Lipinski definition) is 1. The van der Waals surface area contributed by atoms with Gasteiger partial charge < -0.3 is 10.2 Å². The second kappa shape index (κ2) is 9.27. The maximum atomic E-state index is 13.0. The van der Waals surface area contributed by atoms with Crippen molar-refractivity contribution in [3.63, 3.8) is 0 Å². The van der Waals surface area contributed by atoms with Crippen molar-refractivity contribution in [1.29, 1.82) is 0 Å². The molecular weight excluding hydrogens is 438 g/mol. The van der Waals surface area contributed by atoms with E-state index in [-0.39, 0.29) is 35.7 Å². The van der Waals surface area contributed by atoms with E-state index in [1.165, 1.54) is 4.31 Å². The summed E-state index contributed by atoms with van der Waals surface area (Å²) >= 11 is 0. The fourth-order valence-electron chi connectivity index (χ4n) is 4.14. The molecule has 2 aromatic rings. The molecule has 8 heteroatoms. The lowest BCUT2D eigenvalue weighted by atomic mass is 10.0. The lowest BCUT2D eigenvalue weighted by Crippen LogP contribution is -2.50. The van der Waals surface area contributed by atoms with Crippen molar-refractivity contribution in [2.45, 2.75) is 38.0 Å². The number of amides is 2. The lowest BCUT2D eigenvalue weighted by molar-refractivity contribution is -0.117. The highest BCUT2D eigenvalue weighted by Gasteiger charge is 2.39. The van der Waals surface area contributed by atoms with Gasteiger partial charge in [0.25, 0.3) is 5.91 Å². The van der Waals surface area contributed by atoms with Crippen LogP contribution in [0.2, 0.25) is 0 Å². The highest BCUT2D eigenvalue weighted by molar-refractivity contribution is 7.89. The molecule has 2 unspecified atom stereocenters. The fraction of sp³-hybridized carbons (Fsp3) is 0.440. The summed E-state index contributed by atoms with van der Waals surface area (Å²) in [6.45, 7) is 7.31. The monoisotopic (exact) mass is 469 g/mol. The summed E-state index contributed by atoms with van der Waals surface area (Å²) in [5.74, 6) is 0.633. The molecule has 0 spiro atoms. The maximum absolute atomic E-state index is 13.0. The molecule has 2 aromatic carbocycles. The summed E-state index contributed by atoms with van der Waals surface area (Å²) in [5, 5.41) is 2.89. The maximum Gasteiger partial charge on any atom is 0.254 e. The Morgan fingerprint density at radius 3 is 2.21 bits per heavy atom. The largest absolute Gasteiger partial charge is 0.336 e.